The maximum atomic E-state index is 11.2. The number of hydrogen-bond acceptors (Lipinski definition) is 5. The van der Waals surface area contributed by atoms with Crippen molar-refractivity contribution in [3.63, 3.8) is 0 Å². The fraction of sp³-hybridized carbons (Fsp3) is 1.00. The molecule has 7 heteroatoms. The molecule has 0 aromatic carbocycles. The standard InChI is InChI=1S/C9H19NO5S/c1-7(2)5-9(11,16(13,14)15)6-8(3,4)10(7)12/h11-12H,5-6H2,1-4H3,(H,13,14,15). The third kappa shape index (κ3) is 2.10. The lowest BCUT2D eigenvalue weighted by atomic mass is 9.80. The Morgan fingerprint density at radius 3 is 1.62 bits per heavy atom. The Labute approximate surface area is 95.6 Å². The first kappa shape index (κ1) is 13.9. The minimum atomic E-state index is -4.57. The lowest BCUT2D eigenvalue weighted by Gasteiger charge is -2.53. The van der Waals surface area contributed by atoms with Crippen molar-refractivity contribution in [1.82, 2.24) is 5.06 Å². The molecule has 16 heavy (non-hydrogen) atoms. The SMILES string of the molecule is CC1(C)CC(O)(S(=O)(=O)O)CC(C)(C)N1O. The first-order valence-corrected chi connectivity index (χ1v) is 6.45. The van der Waals surface area contributed by atoms with Gasteiger partial charge in [0.2, 0.25) is 0 Å². The van der Waals surface area contributed by atoms with Crippen molar-refractivity contribution in [1.29, 1.82) is 0 Å². The first-order chi connectivity index (χ1) is 6.82. The summed E-state index contributed by atoms with van der Waals surface area (Å²) in [5.41, 5.74) is -1.88. The van der Waals surface area contributed by atoms with Gasteiger partial charge in [-0.1, -0.05) is 0 Å². The number of nitrogens with zero attached hydrogens (tertiary/aromatic N) is 1. The molecule has 0 aromatic heterocycles. The first-order valence-electron chi connectivity index (χ1n) is 5.01. The van der Waals surface area contributed by atoms with Crippen LogP contribution < -0.4 is 0 Å². The normalized spacial score (nSPS) is 28.9. The zero-order chi connectivity index (χ0) is 13.0. The molecule has 1 saturated heterocycles. The van der Waals surface area contributed by atoms with Gasteiger partial charge in [0.25, 0.3) is 10.1 Å². The summed E-state index contributed by atoms with van der Waals surface area (Å²) >= 11 is 0. The van der Waals surface area contributed by atoms with Gasteiger partial charge in [0.1, 0.15) is 0 Å². The molecule has 0 amide bonds. The summed E-state index contributed by atoms with van der Waals surface area (Å²) in [5, 5.41) is 21.0. The summed E-state index contributed by atoms with van der Waals surface area (Å²) in [6.07, 6.45) is -0.502. The smallest absolute Gasteiger partial charge is 0.295 e. The number of hydroxylamine groups is 2. The Balaban J connectivity index is 3.24. The molecule has 0 aromatic rings. The summed E-state index contributed by atoms with van der Waals surface area (Å²) in [7, 11) is -4.57. The van der Waals surface area contributed by atoms with E-state index in [0.717, 1.165) is 5.06 Å². The van der Waals surface area contributed by atoms with Crippen LogP contribution in [0.2, 0.25) is 0 Å². The molecule has 0 unspecified atom stereocenters. The van der Waals surface area contributed by atoms with E-state index < -0.39 is 26.1 Å². The monoisotopic (exact) mass is 253 g/mol. The van der Waals surface area contributed by atoms with E-state index in [4.69, 9.17) is 4.55 Å². The molecule has 96 valence electrons. The molecule has 0 radical (unpaired) electrons. The minimum absolute atomic E-state index is 0.251. The molecular formula is C9H19NO5S. The number of piperidine rings is 1. The highest BCUT2D eigenvalue weighted by atomic mass is 32.2. The van der Waals surface area contributed by atoms with Crippen molar-refractivity contribution >= 4 is 10.1 Å². The lowest BCUT2D eigenvalue weighted by molar-refractivity contribution is -0.263. The Morgan fingerprint density at radius 2 is 1.38 bits per heavy atom. The van der Waals surface area contributed by atoms with Gasteiger partial charge in [-0.15, -0.1) is 0 Å². The molecule has 0 atom stereocenters. The van der Waals surface area contributed by atoms with Gasteiger partial charge in [-0.3, -0.25) is 4.55 Å². The predicted octanol–water partition coefficient (Wildman–Crippen LogP) is 0.605. The van der Waals surface area contributed by atoms with E-state index in [1.165, 1.54) is 0 Å². The van der Waals surface area contributed by atoms with Gasteiger partial charge in [0, 0.05) is 23.9 Å². The molecule has 1 aliphatic heterocycles. The second-order valence-corrected chi connectivity index (χ2v) is 7.42. The summed E-state index contributed by atoms with van der Waals surface area (Å²) < 4.78 is 31.5. The van der Waals surface area contributed by atoms with E-state index >= 15 is 0 Å². The molecule has 1 aliphatic rings. The predicted molar refractivity (Wildman–Crippen MR) is 57.5 cm³/mol. The van der Waals surface area contributed by atoms with Crippen LogP contribution in [0, 0.1) is 0 Å². The minimum Gasteiger partial charge on any atom is -0.372 e. The highest BCUT2D eigenvalue weighted by molar-refractivity contribution is 7.87. The fourth-order valence-corrected chi connectivity index (χ4v) is 3.64. The van der Waals surface area contributed by atoms with Crippen LogP contribution in [0.25, 0.3) is 0 Å². The van der Waals surface area contributed by atoms with Gasteiger partial charge in [-0.25, -0.2) is 0 Å². The summed E-state index contributed by atoms with van der Waals surface area (Å²) in [5.74, 6) is 0. The zero-order valence-corrected chi connectivity index (χ0v) is 10.7. The fourth-order valence-electron chi connectivity index (χ4n) is 2.57. The summed E-state index contributed by atoms with van der Waals surface area (Å²) in [6, 6.07) is 0. The van der Waals surface area contributed by atoms with Crippen LogP contribution in [0.5, 0.6) is 0 Å². The van der Waals surface area contributed by atoms with Crippen LogP contribution in [-0.4, -0.2) is 44.4 Å². The van der Waals surface area contributed by atoms with E-state index in [1.807, 2.05) is 0 Å². The van der Waals surface area contributed by atoms with E-state index in [1.54, 1.807) is 27.7 Å². The molecule has 1 heterocycles. The van der Waals surface area contributed by atoms with Crippen LogP contribution in [0.4, 0.5) is 0 Å². The Kier molecular flexibility index (Phi) is 2.94. The van der Waals surface area contributed by atoms with E-state index in [2.05, 4.69) is 0 Å². The lowest BCUT2D eigenvalue weighted by Crippen LogP contribution is -2.65. The number of hydrogen-bond donors (Lipinski definition) is 3. The third-order valence-corrected chi connectivity index (χ3v) is 4.29. The number of rotatable bonds is 1. The quantitative estimate of drug-likeness (QED) is 0.592. The molecule has 1 rings (SSSR count). The van der Waals surface area contributed by atoms with Gasteiger partial charge in [-0.2, -0.15) is 13.5 Å². The van der Waals surface area contributed by atoms with Gasteiger partial charge >= 0.3 is 0 Å². The van der Waals surface area contributed by atoms with Crippen LogP contribution in [-0.2, 0) is 10.1 Å². The Bertz CT molecular complexity index is 369. The Morgan fingerprint density at radius 1 is 1.06 bits per heavy atom. The highest BCUT2D eigenvalue weighted by Gasteiger charge is 2.57. The molecule has 0 spiro atoms. The molecule has 1 fully saturated rings. The highest BCUT2D eigenvalue weighted by Crippen LogP contribution is 2.44. The van der Waals surface area contributed by atoms with Crippen molar-refractivity contribution in [2.24, 2.45) is 0 Å². The van der Waals surface area contributed by atoms with Gasteiger partial charge in [0.15, 0.2) is 4.93 Å². The van der Waals surface area contributed by atoms with Crippen LogP contribution in [0.3, 0.4) is 0 Å². The van der Waals surface area contributed by atoms with E-state index in [9.17, 15) is 18.7 Å². The van der Waals surface area contributed by atoms with Crippen molar-refractivity contribution in [3.05, 3.63) is 0 Å². The van der Waals surface area contributed by atoms with E-state index in [-0.39, 0.29) is 12.8 Å². The zero-order valence-electron chi connectivity index (χ0n) is 9.93. The molecule has 3 N–H and O–H groups in total. The maximum Gasteiger partial charge on any atom is 0.295 e. The largest absolute Gasteiger partial charge is 0.372 e. The molecular weight excluding hydrogens is 234 g/mol. The van der Waals surface area contributed by atoms with Gasteiger partial charge < -0.3 is 10.3 Å². The Hall–Kier alpha value is -0.210. The topological polar surface area (TPSA) is 98.1 Å². The van der Waals surface area contributed by atoms with Crippen molar-refractivity contribution in [2.75, 3.05) is 0 Å². The molecule has 0 aliphatic carbocycles. The number of aliphatic hydroxyl groups is 1. The molecule has 6 nitrogen and oxygen atoms in total. The van der Waals surface area contributed by atoms with Crippen LogP contribution in [0.15, 0.2) is 0 Å². The third-order valence-electron chi connectivity index (χ3n) is 3.04. The van der Waals surface area contributed by atoms with Crippen molar-refractivity contribution in [2.45, 2.75) is 56.5 Å². The second kappa shape index (κ2) is 3.39. The van der Waals surface area contributed by atoms with Crippen molar-refractivity contribution < 1.29 is 23.3 Å². The van der Waals surface area contributed by atoms with E-state index in [0.29, 0.717) is 0 Å². The molecule has 0 saturated carbocycles. The maximum absolute atomic E-state index is 11.2. The van der Waals surface area contributed by atoms with Gasteiger partial charge in [0.05, 0.1) is 0 Å². The average molecular weight is 253 g/mol. The molecule has 0 bridgehead atoms. The average Bonchev–Trinajstić information content (AvgIpc) is 1.96. The summed E-state index contributed by atoms with van der Waals surface area (Å²) in [6.45, 7) is 6.40. The van der Waals surface area contributed by atoms with Gasteiger partial charge in [-0.05, 0) is 27.7 Å². The van der Waals surface area contributed by atoms with Crippen LogP contribution >= 0.6 is 0 Å². The second-order valence-electron chi connectivity index (χ2n) is 5.71. The van der Waals surface area contributed by atoms with Crippen molar-refractivity contribution in [3.8, 4) is 0 Å². The van der Waals surface area contributed by atoms with Crippen LogP contribution in [0.1, 0.15) is 40.5 Å². The summed E-state index contributed by atoms with van der Waals surface area (Å²) in [4.78, 5) is -2.21.